The van der Waals surface area contributed by atoms with Crippen molar-refractivity contribution >= 4 is 39.3 Å². The number of amides is 2. The molecule has 3 N–H and O–H groups in total. The summed E-state index contributed by atoms with van der Waals surface area (Å²) in [6, 6.07) is 1.52. The van der Waals surface area contributed by atoms with Crippen molar-refractivity contribution in [2.24, 2.45) is 5.73 Å². The average molecular weight is 321 g/mol. The third-order valence-corrected chi connectivity index (χ3v) is 2.83. The molecule has 1 rings (SSSR count). The smallest absolute Gasteiger partial charge is 0.255 e. The Labute approximate surface area is 112 Å². The number of hydrogen-bond donors (Lipinski definition) is 2. The van der Waals surface area contributed by atoms with Crippen LogP contribution in [0.15, 0.2) is 16.7 Å². The lowest BCUT2D eigenvalue weighted by molar-refractivity contribution is -0.122. The van der Waals surface area contributed by atoms with E-state index in [1.165, 1.54) is 26.1 Å². The van der Waals surface area contributed by atoms with Crippen LogP contribution in [0.4, 0.5) is 0 Å². The number of halogens is 2. The summed E-state index contributed by atoms with van der Waals surface area (Å²) in [6.45, 7) is 3.01. The molecular formula is C10H11BrClN3O2. The van der Waals surface area contributed by atoms with E-state index in [-0.39, 0.29) is 10.7 Å². The topological polar surface area (TPSA) is 85.1 Å². The van der Waals surface area contributed by atoms with E-state index in [0.717, 1.165) is 0 Å². The standard InChI is InChI=1S/C10H11BrClN3O2/c1-10(2,9(13)17)15-8(16)6-3-5(11)4-14-7(6)12/h3-4H,1-2H3,(H2,13,17)(H,15,16). The van der Waals surface area contributed by atoms with Gasteiger partial charge in [0, 0.05) is 10.7 Å². The molecule has 0 aliphatic heterocycles. The first kappa shape index (κ1) is 13.9. The molecule has 0 spiro atoms. The second-order valence-corrected chi connectivity index (χ2v) is 5.21. The van der Waals surface area contributed by atoms with Gasteiger partial charge in [-0.2, -0.15) is 0 Å². The van der Waals surface area contributed by atoms with Gasteiger partial charge in [0.1, 0.15) is 10.7 Å². The first-order valence-corrected chi connectivity index (χ1v) is 5.84. The van der Waals surface area contributed by atoms with E-state index in [1.54, 1.807) is 0 Å². The van der Waals surface area contributed by atoms with Crippen LogP contribution in [0.3, 0.4) is 0 Å². The predicted molar refractivity (Wildman–Crippen MR) is 67.7 cm³/mol. The van der Waals surface area contributed by atoms with Crippen LogP contribution in [-0.4, -0.2) is 22.3 Å². The van der Waals surface area contributed by atoms with Crippen LogP contribution < -0.4 is 11.1 Å². The zero-order valence-electron chi connectivity index (χ0n) is 9.25. The fourth-order valence-electron chi connectivity index (χ4n) is 0.995. The summed E-state index contributed by atoms with van der Waals surface area (Å²) < 4.78 is 0.615. The van der Waals surface area contributed by atoms with Crippen LogP contribution in [-0.2, 0) is 4.79 Å². The molecule has 0 atom stereocenters. The van der Waals surface area contributed by atoms with Gasteiger partial charge in [-0.15, -0.1) is 0 Å². The summed E-state index contributed by atoms with van der Waals surface area (Å²) in [6.07, 6.45) is 1.47. The van der Waals surface area contributed by atoms with Gasteiger partial charge < -0.3 is 11.1 Å². The third kappa shape index (κ3) is 3.41. The number of hydrogen-bond acceptors (Lipinski definition) is 3. The number of rotatable bonds is 3. The maximum Gasteiger partial charge on any atom is 0.255 e. The van der Waals surface area contributed by atoms with Crippen LogP contribution in [0.25, 0.3) is 0 Å². The predicted octanol–water partition coefficient (Wildman–Crippen LogP) is 1.49. The lowest BCUT2D eigenvalue weighted by Gasteiger charge is -2.22. The average Bonchev–Trinajstić information content (AvgIpc) is 2.20. The fraction of sp³-hybridized carbons (Fsp3) is 0.300. The largest absolute Gasteiger partial charge is 0.368 e. The molecule has 7 heteroatoms. The molecular weight excluding hydrogens is 309 g/mol. The maximum atomic E-state index is 11.9. The zero-order chi connectivity index (χ0) is 13.2. The second-order valence-electron chi connectivity index (χ2n) is 3.94. The highest BCUT2D eigenvalue weighted by molar-refractivity contribution is 9.10. The molecule has 2 amide bonds. The van der Waals surface area contributed by atoms with E-state index < -0.39 is 17.4 Å². The summed E-state index contributed by atoms with van der Waals surface area (Å²) in [4.78, 5) is 26.8. The van der Waals surface area contributed by atoms with Crippen molar-refractivity contribution in [1.29, 1.82) is 0 Å². The van der Waals surface area contributed by atoms with Gasteiger partial charge in [-0.05, 0) is 35.8 Å². The number of nitrogens with one attached hydrogen (secondary N) is 1. The normalized spacial score (nSPS) is 11.1. The van der Waals surface area contributed by atoms with Gasteiger partial charge in [-0.1, -0.05) is 11.6 Å². The Morgan fingerprint density at radius 2 is 2.12 bits per heavy atom. The molecule has 17 heavy (non-hydrogen) atoms. The monoisotopic (exact) mass is 319 g/mol. The van der Waals surface area contributed by atoms with E-state index in [2.05, 4.69) is 26.2 Å². The summed E-state index contributed by atoms with van der Waals surface area (Å²) in [7, 11) is 0. The number of carbonyl (C=O) groups is 2. The minimum absolute atomic E-state index is 0.0611. The number of nitrogens with two attached hydrogens (primary N) is 1. The van der Waals surface area contributed by atoms with Crippen molar-refractivity contribution in [2.45, 2.75) is 19.4 Å². The van der Waals surface area contributed by atoms with Crippen molar-refractivity contribution in [3.8, 4) is 0 Å². The van der Waals surface area contributed by atoms with E-state index >= 15 is 0 Å². The Morgan fingerprint density at radius 3 is 2.65 bits per heavy atom. The van der Waals surface area contributed by atoms with Crippen molar-refractivity contribution in [1.82, 2.24) is 10.3 Å². The van der Waals surface area contributed by atoms with Gasteiger partial charge in [-0.3, -0.25) is 9.59 Å². The van der Waals surface area contributed by atoms with Crippen LogP contribution in [0.1, 0.15) is 24.2 Å². The Balaban J connectivity index is 2.98. The maximum absolute atomic E-state index is 11.9. The highest BCUT2D eigenvalue weighted by Crippen LogP contribution is 2.18. The molecule has 0 saturated heterocycles. The van der Waals surface area contributed by atoms with E-state index in [9.17, 15) is 9.59 Å². The quantitative estimate of drug-likeness (QED) is 0.828. The van der Waals surface area contributed by atoms with Gasteiger partial charge in [0.25, 0.3) is 5.91 Å². The second kappa shape index (κ2) is 5.01. The van der Waals surface area contributed by atoms with Gasteiger partial charge in [-0.25, -0.2) is 4.98 Å². The lowest BCUT2D eigenvalue weighted by Crippen LogP contribution is -2.53. The summed E-state index contributed by atoms with van der Waals surface area (Å²) in [5.74, 6) is -1.14. The molecule has 0 unspecified atom stereocenters. The van der Waals surface area contributed by atoms with E-state index in [4.69, 9.17) is 17.3 Å². The van der Waals surface area contributed by atoms with Crippen LogP contribution in [0.5, 0.6) is 0 Å². The Hall–Kier alpha value is -1.14. The minimum Gasteiger partial charge on any atom is -0.368 e. The highest BCUT2D eigenvalue weighted by atomic mass is 79.9. The molecule has 1 aromatic heterocycles. The van der Waals surface area contributed by atoms with Crippen molar-refractivity contribution in [2.75, 3.05) is 0 Å². The molecule has 0 bridgehead atoms. The number of aromatic nitrogens is 1. The molecule has 0 saturated carbocycles. The summed E-state index contributed by atoms with van der Waals surface area (Å²) in [5, 5.41) is 2.54. The number of nitrogens with zero attached hydrogens (tertiary/aromatic N) is 1. The van der Waals surface area contributed by atoms with E-state index in [1.807, 2.05) is 0 Å². The van der Waals surface area contributed by atoms with Crippen LogP contribution in [0.2, 0.25) is 5.15 Å². The fourth-order valence-corrected chi connectivity index (χ4v) is 1.52. The number of primary amides is 1. The summed E-state index contributed by atoms with van der Waals surface area (Å²) >= 11 is 8.97. The van der Waals surface area contributed by atoms with Crippen LogP contribution in [0, 0.1) is 0 Å². The van der Waals surface area contributed by atoms with Crippen molar-refractivity contribution < 1.29 is 9.59 Å². The van der Waals surface area contributed by atoms with Crippen LogP contribution >= 0.6 is 27.5 Å². The molecule has 0 aliphatic rings. The number of carbonyl (C=O) groups excluding carboxylic acids is 2. The Bertz CT molecular complexity index is 477. The molecule has 0 radical (unpaired) electrons. The minimum atomic E-state index is -1.15. The molecule has 1 aromatic rings. The number of pyridine rings is 1. The van der Waals surface area contributed by atoms with Gasteiger partial charge in [0.2, 0.25) is 5.91 Å². The van der Waals surface area contributed by atoms with Crippen molar-refractivity contribution in [3.05, 3.63) is 27.5 Å². The first-order valence-electron chi connectivity index (χ1n) is 4.67. The molecule has 0 aromatic carbocycles. The SMILES string of the molecule is CC(C)(NC(=O)c1cc(Br)cnc1Cl)C(N)=O. The Kier molecular flexibility index (Phi) is 4.11. The molecule has 0 aliphatic carbocycles. The molecule has 1 heterocycles. The third-order valence-electron chi connectivity index (χ3n) is 2.09. The molecule has 92 valence electrons. The zero-order valence-corrected chi connectivity index (χ0v) is 11.6. The van der Waals surface area contributed by atoms with Gasteiger partial charge in [0.05, 0.1) is 5.56 Å². The summed E-state index contributed by atoms with van der Waals surface area (Å²) in [5.41, 5.74) is 4.18. The highest BCUT2D eigenvalue weighted by Gasteiger charge is 2.28. The Morgan fingerprint density at radius 1 is 1.53 bits per heavy atom. The first-order chi connectivity index (χ1) is 7.74. The molecule has 0 fully saturated rings. The molecule has 5 nitrogen and oxygen atoms in total. The van der Waals surface area contributed by atoms with Gasteiger partial charge in [0.15, 0.2) is 0 Å². The van der Waals surface area contributed by atoms with Crippen molar-refractivity contribution in [3.63, 3.8) is 0 Å². The van der Waals surface area contributed by atoms with E-state index in [0.29, 0.717) is 4.47 Å². The van der Waals surface area contributed by atoms with Gasteiger partial charge >= 0.3 is 0 Å². The lowest BCUT2D eigenvalue weighted by atomic mass is 10.0.